The van der Waals surface area contributed by atoms with Gasteiger partial charge in [0.15, 0.2) is 11.5 Å². The molecule has 0 radical (unpaired) electrons. The Balaban J connectivity index is 1.66. The summed E-state index contributed by atoms with van der Waals surface area (Å²) in [6, 6.07) is 9.49. The van der Waals surface area contributed by atoms with Crippen molar-refractivity contribution >= 4 is 62.8 Å². The zero-order valence-electron chi connectivity index (χ0n) is 20.6. The minimum absolute atomic E-state index is 0.0627. The van der Waals surface area contributed by atoms with Crippen molar-refractivity contribution in [3.8, 4) is 11.5 Å². The molecule has 1 N–H and O–H groups in total. The van der Waals surface area contributed by atoms with Gasteiger partial charge in [-0.25, -0.2) is 9.69 Å². The number of anilines is 1. The highest BCUT2D eigenvalue weighted by atomic mass is 79.9. The lowest BCUT2D eigenvalue weighted by molar-refractivity contribution is -0.384. The van der Waals surface area contributed by atoms with E-state index in [4.69, 9.17) is 21.1 Å². The van der Waals surface area contributed by atoms with Crippen molar-refractivity contribution < 1.29 is 42.0 Å². The molecule has 10 nitrogen and oxygen atoms in total. The van der Waals surface area contributed by atoms with Crippen molar-refractivity contribution in [1.29, 1.82) is 0 Å². The Bertz CT molecular complexity index is 1630. The van der Waals surface area contributed by atoms with Crippen LogP contribution in [0.1, 0.15) is 16.7 Å². The Labute approximate surface area is 242 Å². The number of carbonyl (C=O) groups is 3. The molecular weight excluding hydrogens is 639 g/mol. The minimum Gasteiger partial charge on any atom is -0.493 e. The van der Waals surface area contributed by atoms with Crippen molar-refractivity contribution in [1.82, 2.24) is 5.32 Å². The summed E-state index contributed by atoms with van der Waals surface area (Å²) in [5.41, 5.74) is -1.69. The van der Waals surface area contributed by atoms with Crippen molar-refractivity contribution in [2.75, 3.05) is 12.0 Å². The van der Waals surface area contributed by atoms with Gasteiger partial charge in [0.1, 0.15) is 12.2 Å². The van der Waals surface area contributed by atoms with Crippen LogP contribution in [0.4, 0.5) is 29.3 Å². The van der Waals surface area contributed by atoms with E-state index in [2.05, 4.69) is 15.9 Å². The summed E-state index contributed by atoms with van der Waals surface area (Å²) in [5, 5.41) is 12.6. The second-order valence-corrected chi connectivity index (χ2v) is 9.63. The third-order valence-electron chi connectivity index (χ3n) is 5.68. The number of urea groups is 1. The Morgan fingerprint density at radius 3 is 2.51 bits per heavy atom. The first-order valence-corrected chi connectivity index (χ1v) is 12.5. The molecule has 4 amide bonds. The van der Waals surface area contributed by atoms with Crippen molar-refractivity contribution in [2.45, 2.75) is 12.8 Å². The van der Waals surface area contributed by atoms with E-state index in [-0.39, 0.29) is 34.4 Å². The van der Waals surface area contributed by atoms with E-state index in [0.29, 0.717) is 27.1 Å². The first kappa shape index (κ1) is 29.6. The largest absolute Gasteiger partial charge is 0.493 e. The molecule has 4 rings (SSSR count). The highest BCUT2D eigenvalue weighted by Gasteiger charge is 2.39. The van der Waals surface area contributed by atoms with E-state index in [0.717, 1.165) is 12.1 Å². The third kappa shape index (κ3) is 6.33. The molecule has 1 aliphatic rings. The highest BCUT2D eigenvalue weighted by molar-refractivity contribution is 9.10. The number of hydrogen-bond donors (Lipinski definition) is 1. The Kier molecular flexibility index (Phi) is 8.35. The fraction of sp³-hybridized carbons (Fsp3) is 0.115. The van der Waals surface area contributed by atoms with Gasteiger partial charge in [-0.05, 0) is 63.5 Å². The molecule has 0 spiro atoms. The number of ether oxygens (including phenoxy) is 2. The number of benzene rings is 3. The summed E-state index contributed by atoms with van der Waals surface area (Å²) in [5.74, 6) is -1.94. The molecule has 0 saturated carbocycles. The second kappa shape index (κ2) is 11.6. The molecular formula is C26H16BrClF3N3O7. The molecule has 3 aromatic rings. The molecule has 0 aromatic heterocycles. The molecule has 0 unspecified atom stereocenters. The first-order chi connectivity index (χ1) is 19.3. The quantitative estimate of drug-likeness (QED) is 0.137. The minimum atomic E-state index is -4.79. The van der Waals surface area contributed by atoms with Crippen LogP contribution in [0.25, 0.3) is 6.08 Å². The number of nitrogens with one attached hydrogen (secondary N) is 1. The number of nitro groups is 1. The number of carbonyl (C=O) groups excluding carboxylic acids is 3. The van der Waals surface area contributed by atoms with E-state index in [1.807, 2.05) is 5.32 Å². The van der Waals surface area contributed by atoms with E-state index < -0.39 is 45.8 Å². The van der Waals surface area contributed by atoms with Gasteiger partial charge in [0, 0.05) is 12.1 Å². The van der Waals surface area contributed by atoms with Gasteiger partial charge in [0.05, 0.1) is 32.8 Å². The van der Waals surface area contributed by atoms with Crippen molar-refractivity contribution in [2.24, 2.45) is 0 Å². The standard InChI is InChI=1S/C26H16BrClF3N3O7/c1-40-21-10-14(9-18(27)22(21)41-12-13-3-2-4-16(7-13)34(38)39)8-17-23(35)32-25(37)33(24(17)36)20-11-15(26(29,30)31)5-6-19(20)28/h2-11H,12H2,1H3,(H,32,35,37)/b17-8-. The fourth-order valence-corrected chi connectivity index (χ4v) is 4.56. The number of amides is 4. The summed E-state index contributed by atoms with van der Waals surface area (Å²) in [6.45, 7) is -0.0627. The van der Waals surface area contributed by atoms with Crippen LogP contribution in [-0.2, 0) is 22.4 Å². The topological polar surface area (TPSA) is 128 Å². The van der Waals surface area contributed by atoms with Gasteiger partial charge in [-0.15, -0.1) is 0 Å². The van der Waals surface area contributed by atoms with Crippen LogP contribution in [0.5, 0.6) is 11.5 Å². The van der Waals surface area contributed by atoms with Crippen LogP contribution in [-0.4, -0.2) is 29.9 Å². The monoisotopic (exact) mass is 653 g/mol. The molecule has 15 heteroatoms. The van der Waals surface area contributed by atoms with E-state index in [1.165, 1.54) is 37.4 Å². The molecule has 0 bridgehead atoms. The molecule has 0 atom stereocenters. The van der Waals surface area contributed by atoms with Gasteiger partial charge >= 0.3 is 12.2 Å². The van der Waals surface area contributed by atoms with Crippen LogP contribution in [0.3, 0.4) is 0 Å². The van der Waals surface area contributed by atoms with Gasteiger partial charge in [-0.1, -0.05) is 23.7 Å². The van der Waals surface area contributed by atoms with E-state index in [9.17, 15) is 37.7 Å². The van der Waals surface area contributed by atoms with Crippen LogP contribution < -0.4 is 19.7 Å². The number of imide groups is 2. The van der Waals surface area contributed by atoms with Crippen LogP contribution in [0.2, 0.25) is 5.02 Å². The molecule has 1 saturated heterocycles. The summed E-state index contributed by atoms with van der Waals surface area (Å²) in [7, 11) is 1.33. The SMILES string of the molecule is COc1cc(/C=C2/C(=O)NC(=O)N(c3cc(C(F)(F)F)ccc3Cl)C2=O)cc(Br)c1OCc1cccc([N+](=O)[O-])c1. The smallest absolute Gasteiger partial charge is 0.416 e. The molecule has 212 valence electrons. The van der Waals surface area contributed by atoms with Gasteiger partial charge in [-0.3, -0.25) is 25.0 Å². The summed E-state index contributed by atoms with van der Waals surface area (Å²) in [4.78, 5) is 49.1. The van der Waals surface area contributed by atoms with Gasteiger partial charge in [0.2, 0.25) is 0 Å². The maximum absolute atomic E-state index is 13.3. The zero-order chi connectivity index (χ0) is 30.1. The maximum Gasteiger partial charge on any atom is 0.416 e. The lowest BCUT2D eigenvalue weighted by Gasteiger charge is -2.27. The van der Waals surface area contributed by atoms with Crippen LogP contribution in [0.15, 0.2) is 64.6 Å². The number of nitrogens with zero attached hydrogens (tertiary/aromatic N) is 2. The lowest BCUT2D eigenvalue weighted by atomic mass is 10.1. The molecule has 1 heterocycles. The van der Waals surface area contributed by atoms with Gasteiger partial charge in [0.25, 0.3) is 17.5 Å². The summed E-state index contributed by atoms with van der Waals surface area (Å²) < 4.78 is 51.3. The van der Waals surface area contributed by atoms with Crippen molar-refractivity contribution in [3.05, 3.63) is 96.5 Å². The number of barbiturate groups is 1. The second-order valence-electron chi connectivity index (χ2n) is 8.37. The normalized spacial score (nSPS) is 14.7. The van der Waals surface area contributed by atoms with Crippen LogP contribution >= 0.6 is 27.5 Å². The third-order valence-corrected chi connectivity index (χ3v) is 6.59. The van der Waals surface area contributed by atoms with Gasteiger partial charge < -0.3 is 9.47 Å². The molecule has 0 aliphatic carbocycles. The van der Waals surface area contributed by atoms with E-state index in [1.54, 1.807) is 6.07 Å². The predicted octanol–water partition coefficient (Wildman–Crippen LogP) is 6.28. The Morgan fingerprint density at radius 2 is 1.85 bits per heavy atom. The molecule has 1 fully saturated rings. The number of nitro benzene ring substituents is 1. The summed E-state index contributed by atoms with van der Waals surface area (Å²) in [6.07, 6.45) is -3.68. The van der Waals surface area contributed by atoms with E-state index >= 15 is 0 Å². The average molecular weight is 655 g/mol. The Hall–Kier alpha value is -4.43. The summed E-state index contributed by atoms with van der Waals surface area (Å²) >= 11 is 9.34. The highest BCUT2D eigenvalue weighted by Crippen LogP contribution is 2.39. The van der Waals surface area contributed by atoms with Crippen LogP contribution in [0, 0.1) is 10.1 Å². The van der Waals surface area contributed by atoms with Gasteiger partial charge in [-0.2, -0.15) is 13.2 Å². The number of alkyl halides is 3. The number of non-ortho nitro benzene ring substituents is 1. The average Bonchev–Trinajstić information content (AvgIpc) is 2.90. The number of rotatable bonds is 7. The fourth-order valence-electron chi connectivity index (χ4n) is 3.78. The number of halogens is 5. The first-order valence-electron chi connectivity index (χ1n) is 11.3. The van der Waals surface area contributed by atoms with Crippen molar-refractivity contribution in [3.63, 3.8) is 0 Å². The predicted molar refractivity (Wildman–Crippen MR) is 144 cm³/mol. The lowest BCUT2D eigenvalue weighted by Crippen LogP contribution is -2.54. The number of hydrogen-bond acceptors (Lipinski definition) is 7. The zero-order valence-corrected chi connectivity index (χ0v) is 23.0. The molecule has 3 aromatic carbocycles. The molecule has 1 aliphatic heterocycles. The Morgan fingerprint density at radius 1 is 1.12 bits per heavy atom. The molecule has 41 heavy (non-hydrogen) atoms. The number of methoxy groups -OCH3 is 1. The maximum atomic E-state index is 13.3.